The second-order valence-corrected chi connectivity index (χ2v) is 8.15. The van der Waals surface area contributed by atoms with E-state index < -0.39 is 24.3 Å². The van der Waals surface area contributed by atoms with Gasteiger partial charge in [0.1, 0.15) is 0 Å². The van der Waals surface area contributed by atoms with E-state index in [-0.39, 0.29) is 5.54 Å². The van der Waals surface area contributed by atoms with Gasteiger partial charge < -0.3 is 15.1 Å². The van der Waals surface area contributed by atoms with E-state index in [1.165, 1.54) is 5.56 Å². The van der Waals surface area contributed by atoms with Crippen LogP contribution >= 0.6 is 0 Å². The van der Waals surface area contributed by atoms with Gasteiger partial charge >= 0.3 is 24.3 Å². The molecule has 1 amide bonds. The van der Waals surface area contributed by atoms with Crippen LogP contribution in [0.3, 0.4) is 0 Å². The molecular weight excluding hydrogens is 500 g/mol. The SMILES string of the molecule is C=CCN1C(=O)CCCC12CCCN(Cc1cccnc1)C2.O=C(O)C(F)(F)F.O=C(O)C(F)(F)F. The van der Waals surface area contributed by atoms with Crippen molar-refractivity contribution in [2.75, 3.05) is 19.6 Å². The summed E-state index contributed by atoms with van der Waals surface area (Å²) in [6.45, 7) is 7.52. The van der Waals surface area contributed by atoms with Crippen LogP contribution < -0.4 is 0 Å². The molecule has 1 spiro atoms. The Balaban J connectivity index is 0.000000383. The van der Waals surface area contributed by atoms with Gasteiger partial charge in [-0.2, -0.15) is 26.3 Å². The van der Waals surface area contributed by atoms with Gasteiger partial charge in [-0.3, -0.25) is 14.7 Å². The molecule has 0 saturated carbocycles. The van der Waals surface area contributed by atoms with Crippen molar-refractivity contribution in [3.8, 4) is 0 Å². The van der Waals surface area contributed by atoms with Crippen molar-refractivity contribution in [3.05, 3.63) is 42.7 Å². The first-order valence-corrected chi connectivity index (χ1v) is 10.8. The maximum Gasteiger partial charge on any atom is 0.490 e. The molecule has 3 heterocycles. The second-order valence-electron chi connectivity index (χ2n) is 8.15. The molecule has 0 bridgehead atoms. The summed E-state index contributed by atoms with van der Waals surface area (Å²) >= 11 is 0. The van der Waals surface area contributed by atoms with Crippen LogP contribution in [0.15, 0.2) is 37.2 Å². The molecule has 1 aromatic heterocycles. The third-order valence-electron chi connectivity index (χ3n) is 5.47. The van der Waals surface area contributed by atoms with Crippen molar-refractivity contribution < 1.29 is 50.9 Å². The Morgan fingerprint density at radius 2 is 1.64 bits per heavy atom. The predicted molar refractivity (Wildman–Crippen MR) is 115 cm³/mol. The highest BCUT2D eigenvalue weighted by atomic mass is 19.4. The third-order valence-corrected chi connectivity index (χ3v) is 5.47. The summed E-state index contributed by atoms with van der Waals surface area (Å²) < 4.78 is 63.5. The predicted octanol–water partition coefficient (Wildman–Crippen LogP) is 3.88. The lowest BCUT2D eigenvalue weighted by Crippen LogP contribution is -2.62. The maximum absolute atomic E-state index is 12.4. The molecule has 2 N–H and O–H groups in total. The zero-order valence-corrected chi connectivity index (χ0v) is 19.2. The van der Waals surface area contributed by atoms with Gasteiger partial charge in [0.25, 0.3) is 0 Å². The van der Waals surface area contributed by atoms with Crippen LogP contribution in [0.1, 0.15) is 37.7 Å². The number of likely N-dealkylation sites (tertiary alicyclic amines) is 2. The van der Waals surface area contributed by atoms with E-state index in [1.54, 1.807) is 0 Å². The van der Waals surface area contributed by atoms with E-state index in [4.69, 9.17) is 19.8 Å². The van der Waals surface area contributed by atoms with Gasteiger partial charge in [-0.05, 0) is 43.9 Å². The standard InChI is InChI=1S/C18H25N3O.2C2HF3O2/c1-2-11-21-17(22)7-3-8-18(21)9-5-12-20(15-18)14-16-6-4-10-19-13-16;2*3-2(4,5)1(6)7/h2,4,6,10,13H,1,3,5,7-9,11-12,14-15H2;2*(H,6,7). The van der Waals surface area contributed by atoms with Crippen molar-refractivity contribution in [1.82, 2.24) is 14.8 Å². The molecule has 8 nitrogen and oxygen atoms in total. The van der Waals surface area contributed by atoms with E-state index in [0.717, 1.165) is 45.3 Å². The van der Waals surface area contributed by atoms with E-state index >= 15 is 0 Å². The number of halogens is 6. The minimum atomic E-state index is -5.08. The number of pyridine rings is 1. The van der Waals surface area contributed by atoms with Crippen LogP contribution in [0.25, 0.3) is 0 Å². The fraction of sp³-hybridized carbons (Fsp3) is 0.545. The molecule has 2 saturated heterocycles. The van der Waals surface area contributed by atoms with Gasteiger partial charge in [0, 0.05) is 38.4 Å². The molecule has 1 unspecified atom stereocenters. The molecule has 14 heteroatoms. The van der Waals surface area contributed by atoms with Crippen LogP contribution in [0, 0.1) is 0 Å². The highest BCUT2D eigenvalue weighted by molar-refractivity contribution is 5.78. The number of nitrogens with zero attached hydrogens (tertiary/aromatic N) is 3. The Bertz CT molecular complexity index is 866. The Labute approximate surface area is 203 Å². The number of hydrogen-bond acceptors (Lipinski definition) is 5. The van der Waals surface area contributed by atoms with Crippen molar-refractivity contribution in [1.29, 1.82) is 0 Å². The highest BCUT2D eigenvalue weighted by Crippen LogP contribution is 2.37. The fourth-order valence-electron chi connectivity index (χ4n) is 4.04. The molecule has 0 aliphatic carbocycles. The largest absolute Gasteiger partial charge is 0.490 e. The molecule has 3 rings (SSSR count). The highest BCUT2D eigenvalue weighted by Gasteiger charge is 2.44. The van der Waals surface area contributed by atoms with Gasteiger partial charge in [-0.25, -0.2) is 9.59 Å². The van der Waals surface area contributed by atoms with E-state index in [2.05, 4.69) is 27.4 Å². The fourth-order valence-corrected chi connectivity index (χ4v) is 4.04. The first-order chi connectivity index (χ1) is 16.6. The van der Waals surface area contributed by atoms with Gasteiger partial charge in [0.05, 0.1) is 5.54 Å². The Morgan fingerprint density at radius 3 is 2.11 bits per heavy atom. The molecule has 1 atom stereocenters. The van der Waals surface area contributed by atoms with E-state index in [9.17, 15) is 31.1 Å². The quantitative estimate of drug-likeness (QED) is 0.452. The number of hydrogen-bond donors (Lipinski definition) is 2. The van der Waals surface area contributed by atoms with Crippen molar-refractivity contribution in [3.63, 3.8) is 0 Å². The number of alkyl halides is 6. The lowest BCUT2D eigenvalue weighted by Gasteiger charge is -2.52. The molecule has 2 aliphatic rings. The summed E-state index contributed by atoms with van der Waals surface area (Å²) in [6, 6.07) is 4.12. The molecule has 36 heavy (non-hydrogen) atoms. The molecule has 0 radical (unpaired) electrons. The van der Waals surface area contributed by atoms with Crippen molar-refractivity contribution >= 4 is 17.8 Å². The van der Waals surface area contributed by atoms with Gasteiger partial charge in [0.15, 0.2) is 0 Å². The Morgan fingerprint density at radius 1 is 1.08 bits per heavy atom. The van der Waals surface area contributed by atoms with Crippen LogP contribution in [0.4, 0.5) is 26.3 Å². The van der Waals surface area contributed by atoms with Gasteiger partial charge in [-0.1, -0.05) is 12.1 Å². The average Bonchev–Trinajstić information content (AvgIpc) is 2.77. The number of carbonyl (C=O) groups is 3. The summed E-state index contributed by atoms with van der Waals surface area (Å²) in [6.07, 6.45) is 0.561. The lowest BCUT2D eigenvalue weighted by molar-refractivity contribution is -0.193. The van der Waals surface area contributed by atoms with E-state index in [1.807, 2.05) is 24.5 Å². The number of rotatable bonds is 4. The minimum absolute atomic E-state index is 0.0178. The zero-order valence-electron chi connectivity index (χ0n) is 19.2. The number of carboxylic acids is 2. The third kappa shape index (κ3) is 9.84. The average molecular weight is 527 g/mol. The van der Waals surface area contributed by atoms with Gasteiger partial charge in [-0.15, -0.1) is 6.58 Å². The zero-order chi connectivity index (χ0) is 27.6. The van der Waals surface area contributed by atoms with Crippen molar-refractivity contribution in [2.45, 2.75) is 56.5 Å². The summed E-state index contributed by atoms with van der Waals surface area (Å²) in [7, 11) is 0. The first-order valence-electron chi connectivity index (χ1n) is 10.8. The number of carbonyl (C=O) groups excluding carboxylic acids is 1. The Kier molecular flexibility index (Phi) is 11.3. The van der Waals surface area contributed by atoms with Gasteiger partial charge in [0.2, 0.25) is 5.91 Å². The lowest BCUT2D eigenvalue weighted by atomic mass is 9.79. The number of piperidine rings is 2. The smallest absolute Gasteiger partial charge is 0.475 e. The number of aromatic nitrogens is 1. The number of aliphatic carboxylic acids is 2. The monoisotopic (exact) mass is 527 g/mol. The van der Waals surface area contributed by atoms with Crippen LogP contribution in [-0.4, -0.2) is 80.4 Å². The van der Waals surface area contributed by atoms with Crippen molar-refractivity contribution in [2.24, 2.45) is 0 Å². The number of amides is 1. The summed E-state index contributed by atoms with van der Waals surface area (Å²) in [5.74, 6) is -5.21. The van der Waals surface area contributed by atoms with Crippen LogP contribution in [0.5, 0.6) is 0 Å². The van der Waals surface area contributed by atoms with Crippen LogP contribution in [0.2, 0.25) is 0 Å². The molecule has 2 fully saturated rings. The summed E-state index contributed by atoms with van der Waals surface area (Å²) in [4.78, 5) is 38.9. The second kappa shape index (κ2) is 13.2. The Hall–Kier alpha value is -3.16. The topological polar surface area (TPSA) is 111 Å². The molecule has 1 aromatic rings. The summed E-state index contributed by atoms with van der Waals surface area (Å²) in [5, 5.41) is 14.2. The number of carboxylic acid groups (broad SMARTS) is 2. The molecule has 2 aliphatic heterocycles. The van der Waals surface area contributed by atoms with E-state index in [0.29, 0.717) is 18.9 Å². The summed E-state index contributed by atoms with van der Waals surface area (Å²) in [5.41, 5.74) is 1.27. The normalized spacial score (nSPS) is 20.5. The first kappa shape index (κ1) is 30.9. The molecule has 202 valence electrons. The minimum Gasteiger partial charge on any atom is -0.475 e. The van der Waals surface area contributed by atoms with Crippen LogP contribution in [-0.2, 0) is 20.9 Å². The molecular formula is C22H27F6N3O5. The molecule has 0 aromatic carbocycles. The maximum atomic E-state index is 12.4.